The van der Waals surface area contributed by atoms with Gasteiger partial charge >= 0.3 is 5.97 Å². The van der Waals surface area contributed by atoms with E-state index in [-0.39, 0.29) is 18.4 Å². The van der Waals surface area contributed by atoms with E-state index in [1.54, 1.807) is 6.92 Å². The minimum atomic E-state index is -0.906. The third-order valence-corrected chi connectivity index (χ3v) is 4.43. The van der Waals surface area contributed by atoms with Gasteiger partial charge in [-0.25, -0.2) is 0 Å². The Kier molecular flexibility index (Phi) is 6.40. The van der Waals surface area contributed by atoms with Gasteiger partial charge in [-0.3, -0.25) is 9.59 Å². The molecule has 1 aromatic carbocycles. The minimum Gasteiger partial charge on any atom is -0.481 e. The molecular weight excluding hydrogens is 334 g/mol. The number of carbonyl (C=O) groups excluding carboxylic acids is 1. The zero-order valence-corrected chi connectivity index (χ0v) is 14.2. The van der Waals surface area contributed by atoms with E-state index < -0.39 is 11.4 Å². The van der Waals surface area contributed by atoms with Crippen molar-refractivity contribution in [3.8, 4) is 0 Å². The number of halogens is 1. The summed E-state index contributed by atoms with van der Waals surface area (Å²) in [7, 11) is 0. The van der Waals surface area contributed by atoms with Gasteiger partial charge in [-0.1, -0.05) is 41.9 Å². The molecule has 0 heterocycles. The van der Waals surface area contributed by atoms with Crippen LogP contribution in [0.25, 0.3) is 0 Å². The first-order valence-corrected chi connectivity index (χ1v) is 7.83. The largest absolute Gasteiger partial charge is 0.481 e. The highest BCUT2D eigenvalue weighted by Gasteiger charge is 2.31. The molecule has 1 aromatic rings. The van der Waals surface area contributed by atoms with E-state index in [0.717, 1.165) is 10.0 Å². The normalized spacial score (nSPS) is 15.0. The highest BCUT2D eigenvalue weighted by atomic mass is 79.9. The fourth-order valence-electron chi connectivity index (χ4n) is 1.90. The third kappa shape index (κ3) is 5.16. The van der Waals surface area contributed by atoms with Crippen LogP contribution in [0.2, 0.25) is 0 Å². The van der Waals surface area contributed by atoms with Crippen molar-refractivity contribution in [2.75, 3.05) is 6.54 Å². The second-order valence-electron chi connectivity index (χ2n) is 5.65. The first kappa shape index (κ1) is 17.7. The van der Waals surface area contributed by atoms with Crippen LogP contribution in [0, 0.1) is 5.41 Å². The second kappa shape index (κ2) is 7.59. The smallest absolute Gasteiger partial charge is 0.311 e. The molecule has 0 radical (unpaired) electrons. The molecule has 1 rings (SSSR count). The highest BCUT2D eigenvalue weighted by Crippen LogP contribution is 2.22. The fraction of sp³-hybridized carbons (Fsp3) is 0.500. The van der Waals surface area contributed by atoms with Crippen molar-refractivity contribution in [2.45, 2.75) is 39.5 Å². The summed E-state index contributed by atoms with van der Waals surface area (Å²) in [6.07, 6.45) is 0.825. The Morgan fingerprint density at radius 1 is 1.33 bits per heavy atom. The van der Waals surface area contributed by atoms with Gasteiger partial charge in [-0.05, 0) is 37.0 Å². The number of hydrogen-bond donors (Lipinski definition) is 2. The number of carboxylic acid groups (broad SMARTS) is 1. The molecule has 0 saturated carbocycles. The maximum atomic E-state index is 12.0. The van der Waals surface area contributed by atoms with Crippen LogP contribution >= 0.6 is 15.9 Å². The zero-order valence-electron chi connectivity index (χ0n) is 12.6. The van der Waals surface area contributed by atoms with Crippen molar-refractivity contribution in [1.82, 2.24) is 5.32 Å². The highest BCUT2D eigenvalue weighted by molar-refractivity contribution is 9.10. The summed E-state index contributed by atoms with van der Waals surface area (Å²) in [5.41, 5.74) is 0.182. The molecule has 2 N–H and O–H groups in total. The lowest BCUT2D eigenvalue weighted by atomic mass is 9.87. The standard InChI is InChI=1S/C16H22BrNO3/c1-4-16(3,15(20)21)10-18-14(19)9-11(2)12-5-7-13(17)8-6-12/h5-8,11H,4,9-10H2,1-3H3,(H,18,19)(H,20,21). The predicted octanol–water partition coefficient (Wildman–Crippen LogP) is 3.56. The summed E-state index contributed by atoms with van der Waals surface area (Å²) in [4.78, 5) is 23.2. The van der Waals surface area contributed by atoms with Crippen LogP contribution in [0.4, 0.5) is 0 Å². The molecule has 2 atom stereocenters. The van der Waals surface area contributed by atoms with E-state index >= 15 is 0 Å². The van der Waals surface area contributed by atoms with Crippen molar-refractivity contribution in [3.63, 3.8) is 0 Å². The zero-order chi connectivity index (χ0) is 16.0. The van der Waals surface area contributed by atoms with Crippen molar-refractivity contribution in [3.05, 3.63) is 34.3 Å². The Labute approximate surface area is 134 Å². The molecule has 0 aliphatic heterocycles. The van der Waals surface area contributed by atoms with E-state index in [4.69, 9.17) is 0 Å². The van der Waals surface area contributed by atoms with Gasteiger partial charge in [0.15, 0.2) is 0 Å². The number of nitrogens with one attached hydrogen (secondary N) is 1. The lowest BCUT2D eigenvalue weighted by Crippen LogP contribution is -2.40. The molecule has 1 amide bonds. The molecule has 21 heavy (non-hydrogen) atoms. The molecular formula is C16H22BrNO3. The maximum Gasteiger partial charge on any atom is 0.311 e. The molecule has 4 nitrogen and oxygen atoms in total. The number of carboxylic acids is 1. The quantitative estimate of drug-likeness (QED) is 0.785. The van der Waals surface area contributed by atoms with Gasteiger partial charge < -0.3 is 10.4 Å². The van der Waals surface area contributed by atoms with Gasteiger partial charge in [0.2, 0.25) is 5.91 Å². The Bertz CT molecular complexity index is 501. The SMILES string of the molecule is CCC(C)(CNC(=O)CC(C)c1ccc(Br)cc1)C(=O)O. The average Bonchev–Trinajstić information content (AvgIpc) is 2.45. The summed E-state index contributed by atoms with van der Waals surface area (Å²) < 4.78 is 1.00. The van der Waals surface area contributed by atoms with Gasteiger partial charge in [0.25, 0.3) is 0 Å². The van der Waals surface area contributed by atoms with Crippen molar-refractivity contribution >= 4 is 27.8 Å². The van der Waals surface area contributed by atoms with Crippen LogP contribution in [0.15, 0.2) is 28.7 Å². The average molecular weight is 356 g/mol. The topological polar surface area (TPSA) is 66.4 Å². The van der Waals surface area contributed by atoms with Gasteiger partial charge in [-0.2, -0.15) is 0 Å². The summed E-state index contributed by atoms with van der Waals surface area (Å²) in [6, 6.07) is 7.86. The summed E-state index contributed by atoms with van der Waals surface area (Å²) in [5, 5.41) is 11.9. The van der Waals surface area contributed by atoms with Gasteiger partial charge in [0.05, 0.1) is 5.41 Å². The van der Waals surface area contributed by atoms with Crippen LogP contribution < -0.4 is 5.32 Å². The maximum absolute atomic E-state index is 12.0. The van der Waals surface area contributed by atoms with E-state index in [0.29, 0.717) is 12.8 Å². The Balaban J connectivity index is 2.54. The van der Waals surface area contributed by atoms with Gasteiger partial charge in [0, 0.05) is 17.4 Å². The van der Waals surface area contributed by atoms with Gasteiger partial charge in [0.1, 0.15) is 0 Å². The molecule has 0 saturated heterocycles. The van der Waals surface area contributed by atoms with Crippen LogP contribution in [-0.2, 0) is 9.59 Å². The first-order valence-electron chi connectivity index (χ1n) is 7.04. The fourth-order valence-corrected chi connectivity index (χ4v) is 2.17. The summed E-state index contributed by atoms with van der Waals surface area (Å²) in [5.74, 6) is -0.909. The van der Waals surface area contributed by atoms with E-state index in [1.807, 2.05) is 38.1 Å². The van der Waals surface area contributed by atoms with Crippen LogP contribution in [0.5, 0.6) is 0 Å². The van der Waals surface area contributed by atoms with Crippen LogP contribution in [-0.4, -0.2) is 23.5 Å². The molecule has 0 aliphatic rings. The molecule has 0 fully saturated rings. The van der Waals surface area contributed by atoms with E-state index in [1.165, 1.54) is 0 Å². The lowest BCUT2D eigenvalue weighted by Gasteiger charge is -2.23. The molecule has 5 heteroatoms. The minimum absolute atomic E-state index is 0.0933. The number of carbonyl (C=O) groups is 2. The van der Waals surface area contributed by atoms with E-state index in [2.05, 4.69) is 21.2 Å². The molecule has 0 aromatic heterocycles. The lowest BCUT2D eigenvalue weighted by molar-refractivity contribution is -0.148. The summed E-state index contributed by atoms with van der Waals surface area (Å²) >= 11 is 3.38. The predicted molar refractivity (Wildman–Crippen MR) is 86.2 cm³/mol. The van der Waals surface area contributed by atoms with E-state index in [9.17, 15) is 14.7 Å². The Hall–Kier alpha value is -1.36. The second-order valence-corrected chi connectivity index (χ2v) is 6.57. The molecule has 0 bridgehead atoms. The number of amides is 1. The first-order chi connectivity index (χ1) is 9.78. The molecule has 2 unspecified atom stereocenters. The van der Waals surface area contributed by atoms with Crippen LogP contribution in [0.1, 0.15) is 45.1 Å². The number of hydrogen-bond acceptors (Lipinski definition) is 2. The van der Waals surface area contributed by atoms with Gasteiger partial charge in [-0.15, -0.1) is 0 Å². The number of rotatable bonds is 7. The van der Waals surface area contributed by atoms with Crippen molar-refractivity contribution in [2.24, 2.45) is 5.41 Å². The molecule has 116 valence electrons. The van der Waals surface area contributed by atoms with Crippen molar-refractivity contribution < 1.29 is 14.7 Å². The number of aliphatic carboxylic acids is 1. The van der Waals surface area contributed by atoms with Crippen LogP contribution in [0.3, 0.4) is 0 Å². The summed E-state index contributed by atoms with van der Waals surface area (Å²) in [6.45, 7) is 5.60. The Morgan fingerprint density at radius 3 is 2.38 bits per heavy atom. The molecule has 0 spiro atoms. The Morgan fingerprint density at radius 2 is 1.90 bits per heavy atom. The number of benzene rings is 1. The van der Waals surface area contributed by atoms with Crippen molar-refractivity contribution in [1.29, 1.82) is 0 Å². The molecule has 0 aliphatic carbocycles. The monoisotopic (exact) mass is 355 g/mol. The third-order valence-electron chi connectivity index (χ3n) is 3.90.